The lowest BCUT2D eigenvalue weighted by Crippen LogP contribution is -2.55. The number of amides is 4. The summed E-state index contributed by atoms with van der Waals surface area (Å²) in [6.07, 6.45) is -2.56. The summed E-state index contributed by atoms with van der Waals surface area (Å²) in [5.41, 5.74) is 8.05. The van der Waals surface area contributed by atoms with E-state index in [1.54, 1.807) is 20.8 Å². The maximum Gasteiger partial charge on any atom is 0.408 e. The third-order valence-corrected chi connectivity index (χ3v) is 8.23. The largest absolute Gasteiger partial charge is 0.444 e. The van der Waals surface area contributed by atoms with Gasteiger partial charge in [0.15, 0.2) is 0 Å². The smallest absolute Gasteiger partial charge is 0.408 e. The predicted octanol–water partition coefficient (Wildman–Crippen LogP) is 2.87. The Bertz CT molecular complexity index is 1540. The van der Waals surface area contributed by atoms with E-state index < -0.39 is 66.2 Å². The van der Waals surface area contributed by atoms with Gasteiger partial charge in [-0.2, -0.15) is 0 Å². The average Bonchev–Trinajstić information content (AvgIpc) is 3.34. The number of nitrogens with one attached hydrogen (secondary N) is 3. The van der Waals surface area contributed by atoms with Crippen molar-refractivity contribution in [1.29, 1.82) is 0 Å². The molecule has 0 fully saturated rings. The topological polar surface area (TPSA) is 180 Å². The van der Waals surface area contributed by atoms with Gasteiger partial charge in [0.1, 0.15) is 11.6 Å². The summed E-state index contributed by atoms with van der Waals surface area (Å²) < 4.78 is 5.27. The van der Waals surface area contributed by atoms with E-state index in [1.807, 2.05) is 84.9 Å². The summed E-state index contributed by atoms with van der Waals surface area (Å²) in [6.45, 7) is 4.99. The van der Waals surface area contributed by atoms with Crippen molar-refractivity contribution in [2.45, 2.75) is 88.8 Å². The molecule has 6 atom stereocenters. The Kier molecular flexibility index (Phi) is 12.3. The van der Waals surface area contributed by atoms with Crippen molar-refractivity contribution in [3.05, 3.63) is 107 Å². The highest BCUT2D eigenvalue weighted by molar-refractivity contribution is 5.90. The summed E-state index contributed by atoms with van der Waals surface area (Å²) in [6, 6.07) is 23.3. The van der Waals surface area contributed by atoms with Crippen LogP contribution in [-0.2, 0) is 38.4 Å². The number of carbonyl (C=O) groups excluding carboxylic acids is 4. The number of hydrogen-bond acceptors (Lipinski definition) is 7. The molecule has 1 aliphatic rings. The Hall–Kier alpha value is -4.74. The van der Waals surface area contributed by atoms with Crippen molar-refractivity contribution in [2.75, 3.05) is 0 Å². The number of hydrogen-bond donors (Lipinski definition) is 6. The SMILES string of the molecule is CC(C)(C)OC(=O)N[C@@H](CC(N)=O)C(=O)N[C@@H](Cc1ccccc1)C(O)C[C@@H](Cc1ccccc1)C(=O)N[C@H]1c2ccccc2C[C@H]1O. The highest BCUT2D eigenvalue weighted by atomic mass is 16.6. The maximum absolute atomic E-state index is 13.9. The quantitative estimate of drug-likeness (QED) is 0.154. The molecule has 0 saturated carbocycles. The lowest BCUT2D eigenvalue weighted by molar-refractivity contribution is -0.129. The standard InChI is InChI=1S/C37H46N4O7/c1-37(2,3)48-36(47)40-29(22-32(38)44)35(46)39-28(19-24-14-8-5-9-15-24)30(42)21-26(18-23-12-6-4-7-13-23)34(45)41-33-27-17-11-10-16-25(27)20-31(33)43/h4-17,26,28-31,33,42-43H,18-22H2,1-3H3,(H2,38,44)(H,39,46)(H,40,47)(H,41,45)/t26-,28+,29+,30?,31-,33+/m1/s1. The van der Waals surface area contributed by atoms with E-state index in [0.717, 1.165) is 22.3 Å². The minimum atomic E-state index is -1.37. The van der Waals surface area contributed by atoms with Crippen molar-refractivity contribution < 1.29 is 34.1 Å². The summed E-state index contributed by atoms with van der Waals surface area (Å²) in [4.78, 5) is 51.9. The van der Waals surface area contributed by atoms with Gasteiger partial charge in [-0.25, -0.2) is 4.79 Å². The lowest BCUT2D eigenvalue weighted by Gasteiger charge is -2.30. The van der Waals surface area contributed by atoms with Crippen LogP contribution in [0.3, 0.4) is 0 Å². The Balaban J connectivity index is 1.57. The summed E-state index contributed by atoms with van der Waals surface area (Å²) in [5.74, 6) is -2.64. The molecule has 11 heteroatoms. The number of alkyl carbamates (subject to hydrolysis) is 1. The second kappa shape index (κ2) is 16.4. The predicted molar refractivity (Wildman–Crippen MR) is 180 cm³/mol. The molecule has 256 valence electrons. The molecular weight excluding hydrogens is 612 g/mol. The summed E-state index contributed by atoms with van der Waals surface area (Å²) in [7, 11) is 0. The van der Waals surface area contributed by atoms with E-state index in [4.69, 9.17) is 10.5 Å². The zero-order chi connectivity index (χ0) is 34.8. The van der Waals surface area contributed by atoms with Crippen molar-refractivity contribution in [3.8, 4) is 0 Å². The summed E-state index contributed by atoms with van der Waals surface area (Å²) in [5, 5.41) is 30.8. The monoisotopic (exact) mass is 658 g/mol. The lowest BCUT2D eigenvalue weighted by atomic mass is 9.88. The Morgan fingerprint density at radius 1 is 0.854 bits per heavy atom. The first kappa shape index (κ1) is 36.1. The fourth-order valence-corrected chi connectivity index (χ4v) is 5.95. The molecule has 0 radical (unpaired) electrons. The van der Waals surface area contributed by atoms with Gasteiger partial charge in [0, 0.05) is 12.3 Å². The fourth-order valence-electron chi connectivity index (χ4n) is 5.95. The van der Waals surface area contributed by atoms with Gasteiger partial charge in [-0.05, 0) is 62.3 Å². The number of fused-ring (bicyclic) bond motifs is 1. The fraction of sp³-hybridized carbons (Fsp3) is 0.405. The van der Waals surface area contributed by atoms with E-state index in [0.29, 0.717) is 12.8 Å². The second-order valence-electron chi connectivity index (χ2n) is 13.3. The van der Waals surface area contributed by atoms with Crippen LogP contribution in [0.1, 0.15) is 61.9 Å². The Morgan fingerprint density at radius 2 is 1.44 bits per heavy atom. The van der Waals surface area contributed by atoms with E-state index in [9.17, 15) is 29.4 Å². The van der Waals surface area contributed by atoms with Crippen LogP contribution in [0.25, 0.3) is 0 Å². The van der Waals surface area contributed by atoms with E-state index in [-0.39, 0.29) is 18.7 Å². The molecule has 11 nitrogen and oxygen atoms in total. The number of ether oxygens (including phenoxy) is 1. The van der Waals surface area contributed by atoms with E-state index in [2.05, 4.69) is 16.0 Å². The molecule has 0 aliphatic heterocycles. The van der Waals surface area contributed by atoms with Gasteiger partial charge >= 0.3 is 6.09 Å². The molecule has 0 spiro atoms. The molecule has 48 heavy (non-hydrogen) atoms. The van der Waals surface area contributed by atoms with Crippen LogP contribution < -0.4 is 21.7 Å². The normalized spacial score (nSPS) is 18.0. The Labute approximate surface area is 281 Å². The van der Waals surface area contributed by atoms with E-state index >= 15 is 0 Å². The van der Waals surface area contributed by atoms with Gasteiger partial charge in [0.05, 0.1) is 30.7 Å². The molecule has 0 bridgehead atoms. The molecule has 0 saturated heterocycles. The number of aliphatic hydroxyl groups is 2. The van der Waals surface area contributed by atoms with Crippen LogP contribution in [0, 0.1) is 5.92 Å². The van der Waals surface area contributed by atoms with Gasteiger partial charge in [0.2, 0.25) is 17.7 Å². The van der Waals surface area contributed by atoms with Crippen LogP contribution >= 0.6 is 0 Å². The second-order valence-corrected chi connectivity index (χ2v) is 13.3. The van der Waals surface area contributed by atoms with Crippen molar-refractivity contribution in [3.63, 3.8) is 0 Å². The molecule has 1 aliphatic carbocycles. The highest BCUT2D eigenvalue weighted by Gasteiger charge is 2.36. The zero-order valence-corrected chi connectivity index (χ0v) is 27.6. The molecule has 1 unspecified atom stereocenters. The van der Waals surface area contributed by atoms with Gasteiger partial charge < -0.3 is 36.6 Å². The molecule has 7 N–H and O–H groups in total. The molecule has 3 aromatic rings. The molecule has 0 heterocycles. The summed E-state index contributed by atoms with van der Waals surface area (Å²) >= 11 is 0. The number of rotatable bonds is 14. The van der Waals surface area contributed by atoms with Crippen LogP contribution in [0.2, 0.25) is 0 Å². The number of benzene rings is 3. The molecular formula is C37H46N4O7. The third-order valence-electron chi connectivity index (χ3n) is 8.23. The first-order valence-corrected chi connectivity index (χ1v) is 16.2. The van der Waals surface area contributed by atoms with Gasteiger partial charge in [-0.1, -0.05) is 84.9 Å². The molecule has 0 aromatic heterocycles. The van der Waals surface area contributed by atoms with Crippen molar-refractivity contribution in [2.24, 2.45) is 11.7 Å². The van der Waals surface area contributed by atoms with E-state index in [1.165, 1.54) is 0 Å². The Morgan fingerprint density at radius 3 is 2.04 bits per heavy atom. The number of primary amides is 1. The van der Waals surface area contributed by atoms with Gasteiger partial charge in [0.25, 0.3) is 0 Å². The number of aliphatic hydroxyl groups excluding tert-OH is 2. The molecule has 4 rings (SSSR count). The maximum atomic E-state index is 13.9. The molecule has 3 aromatic carbocycles. The van der Waals surface area contributed by atoms with Crippen molar-refractivity contribution in [1.82, 2.24) is 16.0 Å². The van der Waals surface area contributed by atoms with Gasteiger partial charge in [-0.15, -0.1) is 0 Å². The molecule has 4 amide bonds. The first-order valence-electron chi connectivity index (χ1n) is 16.2. The minimum Gasteiger partial charge on any atom is -0.444 e. The van der Waals surface area contributed by atoms with Crippen LogP contribution in [0.15, 0.2) is 84.9 Å². The van der Waals surface area contributed by atoms with Crippen LogP contribution in [-0.4, -0.2) is 63.9 Å². The first-order chi connectivity index (χ1) is 22.8. The highest BCUT2D eigenvalue weighted by Crippen LogP contribution is 2.32. The van der Waals surface area contributed by atoms with Gasteiger partial charge in [-0.3, -0.25) is 14.4 Å². The minimum absolute atomic E-state index is 0.0387. The van der Waals surface area contributed by atoms with Crippen molar-refractivity contribution >= 4 is 23.8 Å². The third kappa shape index (κ3) is 10.6. The van der Waals surface area contributed by atoms with Crippen LogP contribution in [0.5, 0.6) is 0 Å². The van der Waals surface area contributed by atoms with Crippen LogP contribution in [0.4, 0.5) is 4.79 Å². The zero-order valence-electron chi connectivity index (χ0n) is 27.6. The number of nitrogens with two attached hydrogens (primary N) is 1. The average molecular weight is 659 g/mol. The number of carbonyl (C=O) groups is 4.